The molecule has 0 fully saturated rings. The van der Waals surface area contributed by atoms with Crippen LogP contribution in [0.4, 0.5) is 18.9 Å². The number of rotatable bonds is 1. The summed E-state index contributed by atoms with van der Waals surface area (Å²) in [5.74, 6) is 0.233. The van der Waals surface area contributed by atoms with Crippen molar-refractivity contribution in [2.24, 2.45) is 0 Å². The Morgan fingerprint density at radius 1 is 1.33 bits per heavy atom. The van der Waals surface area contributed by atoms with Gasteiger partial charge in [-0.05, 0) is 25.1 Å². The van der Waals surface area contributed by atoms with Crippen LogP contribution in [0.15, 0.2) is 28.9 Å². The lowest BCUT2D eigenvalue weighted by atomic mass is 10.2. The first-order chi connectivity index (χ1) is 8.29. The van der Waals surface area contributed by atoms with Crippen LogP contribution in [0.2, 0.25) is 0 Å². The second-order valence-corrected chi connectivity index (χ2v) is 4.66. The zero-order chi connectivity index (χ0) is 13.5. The first-order valence-corrected chi connectivity index (χ1v) is 5.77. The maximum atomic E-state index is 12.5. The first-order valence-electron chi connectivity index (χ1n) is 4.97. The second kappa shape index (κ2) is 4.31. The van der Waals surface area contributed by atoms with E-state index in [-0.39, 0.29) is 5.82 Å². The summed E-state index contributed by atoms with van der Waals surface area (Å²) in [4.78, 5) is 3.49. The Hall–Kier alpha value is -1.50. The molecule has 1 heterocycles. The maximum Gasteiger partial charge on any atom is 0.434 e. The Bertz CT molecular complexity index is 590. The third-order valence-electron chi connectivity index (χ3n) is 2.42. The van der Waals surface area contributed by atoms with Crippen LogP contribution in [0.5, 0.6) is 0 Å². The molecule has 3 nitrogen and oxygen atoms in total. The molecule has 0 spiro atoms. The summed E-state index contributed by atoms with van der Waals surface area (Å²) in [7, 11) is 0. The summed E-state index contributed by atoms with van der Waals surface area (Å²) in [6, 6.07) is 4.97. The van der Waals surface area contributed by atoms with Gasteiger partial charge in [-0.3, -0.25) is 0 Å². The quantitative estimate of drug-likeness (QED) is 0.817. The largest absolute Gasteiger partial charge is 0.434 e. The molecule has 1 aromatic carbocycles. The molecule has 0 saturated heterocycles. The number of halogens is 4. The molecular weight excluding hydrogens is 311 g/mol. The average Bonchev–Trinajstić information content (AvgIpc) is 2.60. The van der Waals surface area contributed by atoms with E-state index in [1.807, 2.05) is 0 Å². The number of hydrogen-bond donors (Lipinski definition) is 1. The first kappa shape index (κ1) is 12.9. The average molecular weight is 320 g/mol. The fourth-order valence-corrected chi connectivity index (χ4v) is 1.98. The lowest BCUT2D eigenvalue weighted by Crippen LogP contribution is -2.05. The molecule has 0 aliphatic heterocycles. The van der Waals surface area contributed by atoms with E-state index in [0.29, 0.717) is 11.4 Å². The molecule has 2 rings (SSSR count). The standard InChI is InChI=1S/C11H9BrF3N3/c1-6-17-10(11(13,14)15)5-18(6)9-3-2-7(12)4-8(9)16/h2-5H,16H2,1H3. The van der Waals surface area contributed by atoms with Gasteiger partial charge in [-0.2, -0.15) is 13.2 Å². The Morgan fingerprint density at radius 3 is 2.50 bits per heavy atom. The van der Waals surface area contributed by atoms with Crippen molar-refractivity contribution in [3.05, 3.63) is 40.4 Å². The SMILES string of the molecule is Cc1nc(C(F)(F)F)cn1-c1ccc(Br)cc1N. The molecule has 0 aliphatic carbocycles. The normalized spacial score (nSPS) is 11.8. The Balaban J connectivity index is 2.55. The molecule has 2 N–H and O–H groups in total. The summed E-state index contributed by atoms with van der Waals surface area (Å²) in [6.07, 6.45) is -3.52. The number of hydrogen-bond acceptors (Lipinski definition) is 2. The molecule has 0 saturated carbocycles. The fourth-order valence-electron chi connectivity index (χ4n) is 1.60. The number of anilines is 1. The van der Waals surface area contributed by atoms with Crippen molar-refractivity contribution in [2.45, 2.75) is 13.1 Å². The van der Waals surface area contributed by atoms with Crippen LogP contribution >= 0.6 is 15.9 Å². The van der Waals surface area contributed by atoms with Gasteiger partial charge in [0.2, 0.25) is 0 Å². The summed E-state index contributed by atoms with van der Waals surface area (Å²) < 4.78 is 39.7. The topological polar surface area (TPSA) is 43.8 Å². The molecule has 0 aliphatic rings. The number of nitrogen functional groups attached to an aromatic ring is 1. The van der Waals surface area contributed by atoms with E-state index in [1.54, 1.807) is 18.2 Å². The second-order valence-electron chi connectivity index (χ2n) is 3.74. The predicted octanol–water partition coefficient (Wildman–Crippen LogP) is 3.54. The number of aryl methyl sites for hydroxylation is 1. The van der Waals surface area contributed by atoms with Gasteiger partial charge in [0, 0.05) is 10.7 Å². The van der Waals surface area contributed by atoms with Crippen LogP contribution in [0, 0.1) is 6.92 Å². The van der Waals surface area contributed by atoms with E-state index in [4.69, 9.17) is 5.73 Å². The summed E-state index contributed by atoms with van der Waals surface area (Å²) in [5, 5.41) is 0. The molecule has 0 unspecified atom stereocenters. The minimum atomic E-state index is -4.46. The molecule has 2 aromatic rings. The third kappa shape index (κ3) is 2.35. The van der Waals surface area contributed by atoms with E-state index >= 15 is 0 Å². The third-order valence-corrected chi connectivity index (χ3v) is 2.92. The number of benzene rings is 1. The Morgan fingerprint density at radius 2 is 2.00 bits per heavy atom. The molecule has 0 amide bonds. The molecule has 96 valence electrons. The Kier molecular flexibility index (Phi) is 3.10. The van der Waals surface area contributed by atoms with Crippen LogP contribution in [0.25, 0.3) is 5.69 Å². The smallest absolute Gasteiger partial charge is 0.397 e. The molecular formula is C11H9BrF3N3. The Labute approximate surface area is 110 Å². The van der Waals surface area contributed by atoms with E-state index in [2.05, 4.69) is 20.9 Å². The van der Waals surface area contributed by atoms with Gasteiger partial charge in [-0.15, -0.1) is 0 Å². The molecule has 0 radical (unpaired) electrons. The van der Waals surface area contributed by atoms with Gasteiger partial charge in [-0.25, -0.2) is 4.98 Å². The lowest BCUT2D eigenvalue weighted by Gasteiger charge is -2.08. The maximum absolute atomic E-state index is 12.5. The number of nitrogens with two attached hydrogens (primary N) is 1. The summed E-state index contributed by atoms with van der Waals surface area (Å²) >= 11 is 3.24. The van der Waals surface area contributed by atoms with Crippen LogP contribution in [0.3, 0.4) is 0 Å². The van der Waals surface area contributed by atoms with E-state index in [9.17, 15) is 13.2 Å². The van der Waals surface area contributed by atoms with Crippen LogP contribution in [0.1, 0.15) is 11.5 Å². The minimum absolute atomic E-state index is 0.233. The fraction of sp³-hybridized carbons (Fsp3) is 0.182. The van der Waals surface area contributed by atoms with Crippen molar-refractivity contribution in [1.29, 1.82) is 0 Å². The minimum Gasteiger partial charge on any atom is -0.397 e. The van der Waals surface area contributed by atoms with Gasteiger partial charge in [0.15, 0.2) is 5.69 Å². The van der Waals surface area contributed by atoms with Crippen molar-refractivity contribution in [3.8, 4) is 5.69 Å². The van der Waals surface area contributed by atoms with E-state index < -0.39 is 11.9 Å². The molecule has 0 atom stereocenters. The molecule has 0 bridgehead atoms. The molecule has 7 heteroatoms. The van der Waals surface area contributed by atoms with Crippen molar-refractivity contribution in [1.82, 2.24) is 9.55 Å². The monoisotopic (exact) mass is 319 g/mol. The molecule has 1 aromatic heterocycles. The van der Waals surface area contributed by atoms with Gasteiger partial charge in [0.1, 0.15) is 5.82 Å². The zero-order valence-electron chi connectivity index (χ0n) is 9.29. The molecule has 18 heavy (non-hydrogen) atoms. The number of aromatic nitrogens is 2. The highest BCUT2D eigenvalue weighted by atomic mass is 79.9. The highest BCUT2D eigenvalue weighted by Gasteiger charge is 2.34. The van der Waals surface area contributed by atoms with Crippen molar-refractivity contribution in [2.75, 3.05) is 5.73 Å². The van der Waals surface area contributed by atoms with Crippen molar-refractivity contribution >= 4 is 21.6 Å². The van der Waals surface area contributed by atoms with E-state index in [0.717, 1.165) is 10.7 Å². The van der Waals surface area contributed by atoms with Gasteiger partial charge in [-0.1, -0.05) is 15.9 Å². The number of nitrogens with zero attached hydrogens (tertiary/aromatic N) is 2. The van der Waals surface area contributed by atoms with Crippen molar-refractivity contribution in [3.63, 3.8) is 0 Å². The summed E-state index contributed by atoms with van der Waals surface area (Å²) in [5.41, 5.74) is 5.70. The predicted molar refractivity (Wildman–Crippen MR) is 65.4 cm³/mol. The number of alkyl halides is 3. The highest BCUT2D eigenvalue weighted by molar-refractivity contribution is 9.10. The van der Waals surface area contributed by atoms with E-state index in [1.165, 1.54) is 11.5 Å². The van der Waals surface area contributed by atoms with Gasteiger partial charge < -0.3 is 10.3 Å². The highest BCUT2D eigenvalue weighted by Crippen LogP contribution is 2.30. The lowest BCUT2D eigenvalue weighted by molar-refractivity contribution is -0.141. The number of imidazole rings is 1. The summed E-state index contributed by atoms with van der Waals surface area (Å²) in [6.45, 7) is 1.50. The van der Waals surface area contributed by atoms with Gasteiger partial charge >= 0.3 is 6.18 Å². The van der Waals surface area contributed by atoms with Gasteiger partial charge in [0.05, 0.1) is 11.4 Å². The van der Waals surface area contributed by atoms with Crippen molar-refractivity contribution < 1.29 is 13.2 Å². The van der Waals surface area contributed by atoms with Crippen LogP contribution in [-0.2, 0) is 6.18 Å². The van der Waals surface area contributed by atoms with Crippen LogP contribution < -0.4 is 5.73 Å². The van der Waals surface area contributed by atoms with Crippen LogP contribution in [-0.4, -0.2) is 9.55 Å². The van der Waals surface area contributed by atoms with Gasteiger partial charge in [0.25, 0.3) is 0 Å². The zero-order valence-corrected chi connectivity index (χ0v) is 10.9.